The van der Waals surface area contributed by atoms with Crippen LogP contribution in [0.2, 0.25) is 0 Å². The molecule has 0 aliphatic heterocycles. The molecule has 1 aromatic heterocycles. The molecule has 0 aliphatic carbocycles. The van der Waals surface area contributed by atoms with E-state index in [1.165, 1.54) is 20.5 Å². The van der Waals surface area contributed by atoms with Crippen molar-refractivity contribution < 1.29 is 14.3 Å². The van der Waals surface area contributed by atoms with Crippen molar-refractivity contribution in [1.82, 2.24) is 20.6 Å². The fraction of sp³-hybridized carbons (Fsp3) is 0.500. The molecule has 0 spiro atoms. The van der Waals surface area contributed by atoms with Gasteiger partial charge in [0.15, 0.2) is 5.56 Å². The third kappa shape index (κ3) is 4.01. The third-order valence-electron chi connectivity index (χ3n) is 2.05. The van der Waals surface area contributed by atoms with Gasteiger partial charge in [-0.15, -0.1) is 12.4 Å². The van der Waals surface area contributed by atoms with Crippen molar-refractivity contribution in [2.75, 3.05) is 34.4 Å². The third-order valence-corrected chi connectivity index (χ3v) is 2.05. The molecule has 1 amide bonds. The van der Waals surface area contributed by atoms with Crippen molar-refractivity contribution in [1.29, 1.82) is 0 Å². The Labute approximate surface area is 112 Å². The molecule has 0 fully saturated rings. The molecule has 0 saturated carbocycles. The second kappa shape index (κ2) is 8.48. The van der Waals surface area contributed by atoms with Gasteiger partial charge in [-0.3, -0.25) is 4.79 Å². The molecule has 7 nitrogen and oxygen atoms in total. The summed E-state index contributed by atoms with van der Waals surface area (Å²) in [6.45, 7) is 1.17. The van der Waals surface area contributed by atoms with Gasteiger partial charge in [-0.25, -0.2) is 9.97 Å². The summed E-state index contributed by atoms with van der Waals surface area (Å²) in [5.41, 5.74) is 0.202. The Kier molecular flexibility index (Phi) is 7.73. The number of carbonyl (C=O) groups excluding carboxylic acids is 1. The first-order valence-corrected chi connectivity index (χ1v) is 5.10. The van der Waals surface area contributed by atoms with E-state index in [4.69, 9.17) is 9.47 Å². The smallest absolute Gasteiger partial charge is 0.262 e. The van der Waals surface area contributed by atoms with Crippen LogP contribution in [0.5, 0.6) is 11.8 Å². The number of rotatable bonds is 6. The van der Waals surface area contributed by atoms with Gasteiger partial charge in [0.1, 0.15) is 6.33 Å². The van der Waals surface area contributed by atoms with E-state index in [1.54, 1.807) is 7.05 Å². The summed E-state index contributed by atoms with van der Waals surface area (Å²) in [4.78, 5) is 19.6. The highest BCUT2D eigenvalue weighted by atomic mass is 35.5. The highest BCUT2D eigenvalue weighted by Gasteiger charge is 2.20. The van der Waals surface area contributed by atoms with E-state index in [9.17, 15) is 4.79 Å². The number of carbonyl (C=O) groups is 1. The minimum Gasteiger partial charge on any atom is -0.480 e. The van der Waals surface area contributed by atoms with Crippen LogP contribution in [0.15, 0.2) is 6.33 Å². The number of ether oxygens (including phenoxy) is 2. The lowest BCUT2D eigenvalue weighted by atomic mass is 10.3. The lowest BCUT2D eigenvalue weighted by molar-refractivity contribution is 0.0946. The van der Waals surface area contributed by atoms with Gasteiger partial charge in [-0.05, 0) is 7.05 Å². The van der Waals surface area contributed by atoms with E-state index < -0.39 is 0 Å². The largest absolute Gasteiger partial charge is 0.480 e. The number of hydrogen-bond acceptors (Lipinski definition) is 6. The van der Waals surface area contributed by atoms with E-state index >= 15 is 0 Å². The summed E-state index contributed by atoms with van der Waals surface area (Å²) in [6.07, 6.45) is 1.28. The van der Waals surface area contributed by atoms with Gasteiger partial charge < -0.3 is 20.1 Å². The topological polar surface area (TPSA) is 85.4 Å². The molecule has 1 heterocycles. The fourth-order valence-corrected chi connectivity index (χ4v) is 1.25. The van der Waals surface area contributed by atoms with Gasteiger partial charge >= 0.3 is 0 Å². The molecule has 0 radical (unpaired) electrons. The number of aromatic nitrogens is 2. The number of hydrogen-bond donors (Lipinski definition) is 2. The van der Waals surface area contributed by atoms with Crippen molar-refractivity contribution in [3.05, 3.63) is 11.9 Å². The normalized spacial score (nSPS) is 9.28. The maximum absolute atomic E-state index is 11.9. The standard InChI is InChI=1S/C10H16N4O3.ClH/c1-11-4-5-12-8(15)7-9(16-2)13-6-14-10(7)17-3;/h6,11H,4-5H2,1-3H3,(H,12,15);1H. The number of halogens is 1. The summed E-state index contributed by atoms with van der Waals surface area (Å²) in [5.74, 6) is 0.0622. The molecule has 1 aromatic rings. The molecule has 0 unspecified atom stereocenters. The number of nitrogens with one attached hydrogen (secondary N) is 2. The van der Waals surface area contributed by atoms with Crippen LogP contribution in [0.25, 0.3) is 0 Å². The van der Waals surface area contributed by atoms with Gasteiger partial charge in [0.2, 0.25) is 11.8 Å². The van der Waals surface area contributed by atoms with Crippen molar-refractivity contribution in [3.8, 4) is 11.8 Å². The Morgan fingerprint density at radius 2 is 1.78 bits per heavy atom. The maximum Gasteiger partial charge on any atom is 0.262 e. The summed E-state index contributed by atoms with van der Waals surface area (Å²) in [5, 5.41) is 5.63. The first-order valence-electron chi connectivity index (χ1n) is 5.10. The Morgan fingerprint density at radius 3 is 2.22 bits per heavy atom. The lowest BCUT2D eigenvalue weighted by Gasteiger charge is -2.10. The molecule has 0 aliphatic rings. The number of methoxy groups -OCH3 is 2. The quantitative estimate of drug-likeness (QED) is 0.704. The Bertz CT molecular complexity index is 367. The van der Waals surface area contributed by atoms with Crippen LogP contribution in [0.1, 0.15) is 10.4 Å². The fourth-order valence-electron chi connectivity index (χ4n) is 1.25. The van der Waals surface area contributed by atoms with E-state index in [0.29, 0.717) is 13.1 Å². The van der Waals surface area contributed by atoms with Crippen molar-refractivity contribution in [2.24, 2.45) is 0 Å². The second-order valence-corrected chi connectivity index (χ2v) is 3.13. The predicted molar refractivity (Wildman–Crippen MR) is 68.6 cm³/mol. The van der Waals surface area contributed by atoms with E-state index in [0.717, 1.165) is 0 Å². The van der Waals surface area contributed by atoms with Gasteiger partial charge in [0.05, 0.1) is 14.2 Å². The van der Waals surface area contributed by atoms with Crippen LogP contribution in [-0.4, -0.2) is 50.2 Å². The molecule has 102 valence electrons. The molecular weight excluding hydrogens is 260 g/mol. The molecular formula is C10H17ClN4O3. The van der Waals surface area contributed by atoms with E-state index in [-0.39, 0.29) is 35.6 Å². The van der Waals surface area contributed by atoms with E-state index in [1.807, 2.05) is 0 Å². The number of nitrogens with zero attached hydrogens (tertiary/aromatic N) is 2. The average molecular weight is 277 g/mol. The highest BCUT2D eigenvalue weighted by molar-refractivity contribution is 5.98. The minimum absolute atomic E-state index is 0. The van der Waals surface area contributed by atoms with Gasteiger partial charge in [-0.1, -0.05) is 0 Å². The predicted octanol–water partition coefficient (Wildman–Crippen LogP) is -0.135. The van der Waals surface area contributed by atoms with Gasteiger partial charge in [0, 0.05) is 13.1 Å². The molecule has 0 bridgehead atoms. The zero-order valence-corrected chi connectivity index (χ0v) is 11.3. The molecule has 18 heavy (non-hydrogen) atoms. The summed E-state index contributed by atoms with van der Waals surface area (Å²) in [6, 6.07) is 0. The molecule has 0 atom stereocenters. The Hall–Kier alpha value is -1.60. The average Bonchev–Trinajstić information content (AvgIpc) is 2.37. The highest BCUT2D eigenvalue weighted by Crippen LogP contribution is 2.22. The van der Waals surface area contributed by atoms with Crippen LogP contribution in [0.4, 0.5) is 0 Å². The van der Waals surface area contributed by atoms with E-state index in [2.05, 4.69) is 20.6 Å². The SMILES string of the molecule is CNCCNC(=O)c1c(OC)ncnc1OC.Cl. The zero-order chi connectivity index (χ0) is 12.7. The van der Waals surface area contributed by atoms with Crippen molar-refractivity contribution in [2.45, 2.75) is 0 Å². The van der Waals surface area contributed by atoms with Crippen molar-refractivity contribution in [3.63, 3.8) is 0 Å². The van der Waals surface area contributed by atoms with Crippen LogP contribution in [0, 0.1) is 0 Å². The maximum atomic E-state index is 11.9. The molecule has 1 rings (SSSR count). The Balaban J connectivity index is 0.00000289. The van der Waals surface area contributed by atoms with Crippen LogP contribution in [0.3, 0.4) is 0 Å². The zero-order valence-electron chi connectivity index (χ0n) is 10.5. The molecule has 0 saturated heterocycles. The summed E-state index contributed by atoms with van der Waals surface area (Å²) < 4.78 is 10.0. The summed E-state index contributed by atoms with van der Waals surface area (Å²) >= 11 is 0. The van der Waals surface area contributed by atoms with Crippen LogP contribution < -0.4 is 20.1 Å². The molecule has 8 heteroatoms. The minimum atomic E-state index is -0.324. The molecule has 2 N–H and O–H groups in total. The second-order valence-electron chi connectivity index (χ2n) is 3.13. The first kappa shape index (κ1) is 16.4. The Morgan fingerprint density at radius 1 is 1.22 bits per heavy atom. The van der Waals surface area contributed by atoms with Crippen LogP contribution in [-0.2, 0) is 0 Å². The lowest BCUT2D eigenvalue weighted by Crippen LogP contribution is -2.31. The van der Waals surface area contributed by atoms with Crippen molar-refractivity contribution >= 4 is 18.3 Å². The monoisotopic (exact) mass is 276 g/mol. The number of amides is 1. The first-order chi connectivity index (χ1) is 8.24. The number of likely N-dealkylation sites (N-methyl/N-ethyl adjacent to an activating group) is 1. The van der Waals surface area contributed by atoms with Gasteiger partial charge in [-0.2, -0.15) is 0 Å². The van der Waals surface area contributed by atoms with Crippen LogP contribution >= 0.6 is 12.4 Å². The summed E-state index contributed by atoms with van der Waals surface area (Å²) in [7, 11) is 4.68. The van der Waals surface area contributed by atoms with Gasteiger partial charge in [0.25, 0.3) is 5.91 Å². The molecule has 0 aromatic carbocycles.